The van der Waals surface area contributed by atoms with E-state index < -0.39 is 0 Å². The fourth-order valence-corrected chi connectivity index (χ4v) is 4.34. The van der Waals surface area contributed by atoms with Crippen LogP contribution in [0.2, 0.25) is 0 Å². The molecule has 0 radical (unpaired) electrons. The van der Waals surface area contributed by atoms with Crippen molar-refractivity contribution in [1.29, 1.82) is 0 Å². The van der Waals surface area contributed by atoms with Gasteiger partial charge in [-0.3, -0.25) is 0 Å². The molecule has 1 fully saturated rings. The number of hydrogen-bond acceptors (Lipinski definition) is 1. The van der Waals surface area contributed by atoms with Crippen LogP contribution in [0.4, 0.5) is 0 Å². The summed E-state index contributed by atoms with van der Waals surface area (Å²) >= 11 is 0. The average Bonchev–Trinajstić information content (AvgIpc) is 2.32. The Morgan fingerprint density at radius 2 is 1.88 bits per heavy atom. The molecule has 5 atom stereocenters. The van der Waals surface area contributed by atoms with Gasteiger partial charge in [0.25, 0.3) is 0 Å². The summed E-state index contributed by atoms with van der Waals surface area (Å²) in [5, 5.41) is 0. The molecule has 1 nitrogen and oxygen atoms in total. The van der Waals surface area contributed by atoms with Crippen LogP contribution in [0.25, 0.3) is 0 Å². The molecule has 2 bridgehead atoms. The third kappa shape index (κ3) is 1.27. The lowest BCUT2D eigenvalue weighted by molar-refractivity contribution is 0.0623. The van der Waals surface area contributed by atoms with Gasteiger partial charge < -0.3 is 5.73 Å². The molecule has 2 aliphatic carbocycles. The molecule has 92 valence electrons. The van der Waals surface area contributed by atoms with E-state index >= 15 is 0 Å². The summed E-state index contributed by atoms with van der Waals surface area (Å²) in [6, 6.07) is 0.351. The van der Waals surface area contributed by atoms with Gasteiger partial charge in [0.2, 0.25) is 0 Å². The summed E-state index contributed by atoms with van der Waals surface area (Å²) in [6.45, 7) is 14.1. The molecule has 16 heavy (non-hydrogen) atoms. The fraction of sp³-hybridized carbons (Fsp3) is 0.867. The normalized spacial score (nSPS) is 48.0. The van der Waals surface area contributed by atoms with E-state index in [0.717, 1.165) is 17.8 Å². The predicted octanol–water partition coefficient (Wildman–Crippen LogP) is 3.60. The van der Waals surface area contributed by atoms with Crippen LogP contribution < -0.4 is 5.73 Å². The summed E-state index contributed by atoms with van der Waals surface area (Å²) in [5.74, 6) is 2.91. The zero-order chi connectivity index (χ0) is 12.2. The number of rotatable bonds is 1. The second kappa shape index (κ2) is 3.60. The van der Waals surface area contributed by atoms with E-state index in [4.69, 9.17) is 5.73 Å². The average molecular weight is 221 g/mol. The van der Waals surface area contributed by atoms with Gasteiger partial charge in [-0.15, -0.1) is 0 Å². The van der Waals surface area contributed by atoms with Gasteiger partial charge in [0, 0.05) is 11.5 Å². The lowest BCUT2D eigenvalue weighted by Crippen LogP contribution is -2.52. The minimum absolute atomic E-state index is 0.264. The molecule has 0 saturated heterocycles. The van der Waals surface area contributed by atoms with Crippen molar-refractivity contribution in [2.75, 3.05) is 0 Å². The highest BCUT2D eigenvalue weighted by Crippen LogP contribution is 2.59. The number of fused-ring (bicyclic) bond motifs is 2. The van der Waals surface area contributed by atoms with E-state index in [0.29, 0.717) is 12.0 Å². The van der Waals surface area contributed by atoms with Crippen molar-refractivity contribution < 1.29 is 0 Å². The molecule has 0 heterocycles. The lowest BCUT2D eigenvalue weighted by atomic mass is 9.58. The van der Waals surface area contributed by atoms with Crippen molar-refractivity contribution in [1.82, 2.24) is 0 Å². The molecule has 3 unspecified atom stereocenters. The van der Waals surface area contributed by atoms with E-state index in [-0.39, 0.29) is 5.41 Å². The summed E-state index contributed by atoms with van der Waals surface area (Å²) in [4.78, 5) is 0. The highest BCUT2D eigenvalue weighted by atomic mass is 14.8. The van der Waals surface area contributed by atoms with E-state index in [9.17, 15) is 0 Å². The van der Waals surface area contributed by atoms with E-state index in [1.54, 1.807) is 11.1 Å². The molecule has 0 aromatic heterocycles. The van der Waals surface area contributed by atoms with Crippen LogP contribution in [0.5, 0.6) is 0 Å². The van der Waals surface area contributed by atoms with Crippen LogP contribution in [0.15, 0.2) is 11.1 Å². The second-order valence-corrected chi connectivity index (χ2v) is 6.69. The van der Waals surface area contributed by atoms with Gasteiger partial charge in [-0.1, -0.05) is 38.8 Å². The van der Waals surface area contributed by atoms with Crippen LogP contribution in [0.3, 0.4) is 0 Å². The topological polar surface area (TPSA) is 26.0 Å². The predicted molar refractivity (Wildman–Crippen MR) is 70.1 cm³/mol. The van der Waals surface area contributed by atoms with E-state index in [1.807, 2.05) is 0 Å². The van der Waals surface area contributed by atoms with Gasteiger partial charge in [0.1, 0.15) is 0 Å². The SMILES string of the molecule is CC1=C(C)C2(C)C(N)C1[C@H](C(C)C)C[C@H]2C. The van der Waals surface area contributed by atoms with Crippen LogP contribution in [-0.4, -0.2) is 6.04 Å². The fourth-order valence-electron chi connectivity index (χ4n) is 4.34. The van der Waals surface area contributed by atoms with Gasteiger partial charge in [0.05, 0.1) is 0 Å². The first-order valence-corrected chi connectivity index (χ1v) is 6.75. The van der Waals surface area contributed by atoms with Crippen LogP contribution in [-0.2, 0) is 0 Å². The monoisotopic (exact) mass is 221 g/mol. The van der Waals surface area contributed by atoms with E-state index in [1.165, 1.54) is 6.42 Å². The first-order chi connectivity index (χ1) is 7.31. The summed E-state index contributed by atoms with van der Waals surface area (Å²) in [7, 11) is 0. The smallest absolute Gasteiger partial charge is 0.0202 e. The molecular weight excluding hydrogens is 194 g/mol. The minimum Gasteiger partial charge on any atom is -0.326 e. The van der Waals surface area contributed by atoms with Crippen molar-refractivity contribution in [3.63, 3.8) is 0 Å². The molecule has 1 heteroatoms. The molecule has 2 aliphatic rings. The molecule has 0 spiro atoms. The Morgan fingerprint density at radius 1 is 1.31 bits per heavy atom. The Balaban J connectivity index is 2.47. The van der Waals surface area contributed by atoms with Gasteiger partial charge >= 0.3 is 0 Å². The van der Waals surface area contributed by atoms with Gasteiger partial charge in [-0.2, -0.15) is 0 Å². The maximum absolute atomic E-state index is 6.58. The number of hydrogen-bond donors (Lipinski definition) is 1. The van der Waals surface area contributed by atoms with Crippen molar-refractivity contribution in [2.24, 2.45) is 34.8 Å². The Labute approximate surface area is 100 Å². The van der Waals surface area contributed by atoms with Crippen molar-refractivity contribution in [3.8, 4) is 0 Å². The first-order valence-electron chi connectivity index (χ1n) is 6.75. The standard InChI is InChI=1S/C15H27N/c1-8(2)12-7-9(3)15(6)11(5)10(4)13(12)14(15)16/h8-9,12-14H,7,16H2,1-6H3/t9-,12+,13?,14?,15?/m1/s1. The molecule has 2 rings (SSSR count). The van der Waals surface area contributed by atoms with Crippen molar-refractivity contribution >= 4 is 0 Å². The zero-order valence-electron chi connectivity index (χ0n) is 11.7. The molecule has 0 amide bonds. The molecule has 2 N–H and O–H groups in total. The maximum Gasteiger partial charge on any atom is 0.0202 e. The van der Waals surface area contributed by atoms with Gasteiger partial charge in [0.15, 0.2) is 0 Å². The van der Waals surface area contributed by atoms with Crippen molar-refractivity contribution in [2.45, 2.75) is 54.0 Å². The molecule has 0 aromatic rings. The zero-order valence-corrected chi connectivity index (χ0v) is 11.7. The van der Waals surface area contributed by atoms with Crippen LogP contribution >= 0.6 is 0 Å². The molecule has 0 aromatic carbocycles. The van der Waals surface area contributed by atoms with Crippen LogP contribution in [0.1, 0.15) is 48.0 Å². The third-order valence-corrected chi connectivity index (χ3v) is 5.95. The highest BCUT2D eigenvalue weighted by molar-refractivity contribution is 5.35. The van der Waals surface area contributed by atoms with Gasteiger partial charge in [-0.05, 0) is 43.9 Å². The van der Waals surface area contributed by atoms with E-state index in [2.05, 4.69) is 41.5 Å². The lowest BCUT2D eigenvalue weighted by Gasteiger charge is -2.48. The largest absolute Gasteiger partial charge is 0.326 e. The quantitative estimate of drug-likeness (QED) is 0.673. The Morgan fingerprint density at radius 3 is 2.38 bits per heavy atom. The molecule has 0 aliphatic heterocycles. The summed E-state index contributed by atoms with van der Waals surface area (Å²) in [6.07, 6.45) is 1.35. The van der Waals surface area contributed by atoms with Crippen LogP contribution in [0, 0.1) is 29.1 Å². The third-order valence-electron chi connectivity index (χ3n) is 5.95. The van der Waals surface area contributed by atoms with Crippen molar-refractivity contribution in [3.05, 3.63) is 11.1 Å². The first kappa shape index (κ1) is 12.2. The Kier molecular flexibility index (Phi) is 2.73. The highest BCUT2D eigenvalue weighted by Gasteiger charge is 2.55. The van der Waals surface area contributed by atoms with Gasteiger partial charge in [-0.25, -0.2) is 0 Å². The molecular formula is C15H27N. The summed E-state index contributed by atoms with van der Waals surface area (Å²) < 4.78 is 0. The summed E-state index contributed by atoms with van der Waals surface area (Å²) in [5.41, 5.74) is 10.0. The maximum atomic E-state index is 6.58. The number of nitrogens with two attached hydrogens (primary N) is 1. The Bertz CT molecular complexity index is 328. The Hall–Kier alpha value is -0.300. The molecule has 1 saturated carbocycles. The second-order valence-electron chi connectivity index (χ2n) is 6.69. The minimum atomic E-state index is 0.264.